The van der Waals surface area contributed by atoms with Gasteiger partial charge in [0, 0.05) is 38.1 Å². The second-order valence-electron chi connectivity index (χ2n) is 7.06. The molecule has 3 aromatic rings. The van der Waals surface area contributed by atoms with Crippen molar-refractivity contribution in [3.05, 3.63) is 48.2 Å². The van der Waals surface area contributed by atoms with E-state index in [-0.39, 0.29) is 5.91 Å². The van der Waals surface area contributed by atoms with Gasteiger partial charge < -0.3 is 19.5 Å². The lowest BCUT2D eigenvalue weighted by Gasteiger charge is -2.32. The second kappa shape index (κ2) is 7.48. The number of benzene rings is 2. The van der Waals surface area contributed by atoms with Crippen LogP contribution in [0.4, 0.5) is 0 Å². The molecule has 1 saturated heterocycles. The number of fused-ring (bicyclic) bond motifs is 3. The highest BCUT2D eigenvalue weighted by molar-refractivity contribution is 6.08. The number of furan rings is 1. The van der Waals surface area contributed by atoms with E-state index in [1.807, 2.05) is 30.3 Å². The summed E-state index contributed by atoms with van der Waals surface area (Å²) in [5.41, 5.74) is 0.756. The Bertz CT molecular complexity index is 910. The smallest absolute Gasteiger partial charge is 0.287 e. The van der Waals surface area contributed by atoms with Crippen LogP contribution in [0.2, 0.25) is 0 Å². The van der Waals surface area contributed by atoms with Gasteiger partial charge in [0.25, 0.3) is 5.91 Å². The van der Waals surface area contributed by atoms with Crippen LogP contribution in [0.5, 0.6) is 0 Å². The van der Waals surface area contributed by atoms with E-state index in [0.717, 1.165) is 60.9 Å². The highest BCUT2D eigenvalue weighted by Crippen LogP contribution is 2.28. The molecule has 0 bridgehead atoms. The van der Waals surface area contributed by atoms with Crippen LogP contribution in [0.25, 0.3) is 21.7 Å². The molecule has 1 aliphatic heterocycles. The molecule has 1 N–H and O–H groups in total. The third kappa shape index (κ3) is 3.59. The molecule has 0 saturated carbocycles. The maximum absolute atomic E-state index is 12.4. The Balaban J connectivity index is 1.35. The van der Waals surface area contributed by atoms with Gasteiger partial charge >= 0.3 is 0 Å². The van der Waals surface area contributed by atoms with E-state index < -0.39 is 0 Å². The molecule has 0 aliphatic carbocycles. The van der Waals surface area contributed by atoms with E-state index in [0.29, 0.717) is 12.3 Å². The van der Waals surface area contributed by atoms with Gasteiger partial charge in [-0.1, -0.05) is 30.3 Å². The average molecular weight is 351 g/mol. The summed E-state index contributed by atoms with van der Waals surface area (Å²) in [5.74, 6) is 0.250. The maximum atomic E-state index is 12.4. The van der Waals surface area contributed by atoms with Crippen molar-refractivity contribution in [2.45, 2.75) is 6.42 Å². The van der Waals surface area contributed by atoms with Crippen molar-refractivity contribution in [2.24, 2.45) is 0 Å². The molecule has 2 heterocycles. The lowest BCUT2D eigenvalue weighted by atomic mass is 10.1. The average Bonchev–Trinajstić information content (AvgIpc) is 3.11. The summed E-state index contributed by atoms with van der Waals surface area (Å²) in [6.45, 7) is 6.17. The lowest BCUT2D eigenvalue weighted by Crippen LogP contribution is -2.45. The fourth-order valence-electron chi connectivity index (χ4n) is 3.57. The Morgan fingerprint density at radius 2 is 1.88 bits per heavy atom. The number of nitrogens with one attached hydrogen (secondary N) is 1. The monoisotopic (exact) mass is 351 g/mol. The number of amides is 1. The summed E-state index contributed by atoms with van der Waals surface area (Å²) >= 11 is 0. The first-order valence-electron chi connectivity index (χ1n) is 9.31. The third-order valence-corrected chi connectivity index (χ3v) is 5.18. The van der Waals surface area contributed by atoms with Crippen LogP contribution in [0.15, 0.2) is 46.9 Å². The van der Waals surface area contributed by atoms with E-state index in [2.05, 4.69) is 34.3 Å². The summed E-state index contributed by atoms with van der Waals surface area (Å²) in [6.07, 6.45) is 0.957. The predicted molar refractivity (Wildman–Crippen MR) is 105 cm³/mol. The number of likely N-dealkylation sites (N-methyl/N-ethyl adjacent to an activating group) is 1. The number of hydrogen-bond donors (Lipinski definition) is 1. The first-order chi connectivity index (χ1) is 12.7. The van der Waals surface area contributed by atoms with Crippen LogP contribution in [0.1, 0.15) is 17.0 Å². The van der Waals surface area contributed by atoms with Gasteiger partial charge in [0.1, 0.15) is 5.58 Å². The number of carbonyl (C=O) groups is 1. The van der Waals surface area contributed by atoms with Crippen LogP contribution in [0.3, 0.4) is 0 Å². The van der Waals surface area contributed by atoms with Crippen molar-refractivity contribution < 1.29 is 9.21 Å². The van der Waals surface area contributed by atoms with Gasteiger partial charge in [-0.2, -0.15) is 0 Å². The van der Waals surface area contributed by atoms with Gasteiger partial charge in [0.05, 0.1) is 0 Å². The molecule has 1 aromatic heterocycles. The largest absolute Gasteiger partial charge is 0.451 e. The van der Waals surface area contributed by atoms with Gasteiger partial charge in [-0.05, 0) is 42.9 Å². The molecule has 136 valence electrons. The number of rotatable bonds is 5. The summed E-state index contributed by atoms with van der Waals surface area (Å²) < 4.78 is 5.77. The molecule has 0 atom stereocenters. The Kier molecular flexibility index (Phi) is 4.91. The molecule has 1 aliphatic rings. The van der Waals surface area contributed by atoms with E-state index >= 15 is 0 Å². The lowest BCUT2D eigenvalue weighted by molar-refractivity contribution is 0.0924. The van der Waals surface area contributed by atoms with Crippen LogP contribution in [0, 0.1) is 0 Å². The van der Waals surface area contributed by atoms with Crippen molar-refractivity contribution in [1.82, 2.24) is 15.1 Å². The Labute approximate surface area is 153 Å². The van der Waals surface area contributed by atoms with Crippen LogP contribution >= 0.6 is 0 Å². The normalized spacial score (nSPS) is 16.3. The molecule has 5 heteroatoms. The molecule has 2 aromatic carbocycles. The van der Waals surface area contributed by atoms with Gasteiger partial charge in [-0.3, -0.25) is 4.79 Å². The SMILES string of the molecule is CN1CCN(CCCNC(=O)c2cc3c(ccc4ccccc43)o2)CC1. The number of nitrogens with zero attached hydrogens (tertiary/aromatic N) is 2. The molecule has 4 rings (SSSR count). The summed E-state index contributed by atoms with van der Waals surface area (Å²) in [7, 11) is 2.16. The summed E-state index contributed by atoms with van der Waals surface area (Å²) in [6, 6.07) is 14.0. The zero-order chi connectivity index (χ0) is 17.9. The van der Waals surface area contributed by atoms with E-state index in [9.17, 15) is 4.79 Å². The number of piperazine rings is 1. The quantitative estimate of drug-likeness (QED) is 0.718. The Morgan fingerprint density at radius 3 is 2.73 bits per heavy atom. The first-order valence-corrected chi connectivity index (χ1v) is 9.31. The van der Waals surface area contributed by atoms with Crippen LogP contribution in [-0.4, -0.2) is 62.0 Å². The zero-order valence-corrected chi connectivity index (χ0v) is 15.2. The number of carbonyl (C=O) groups excluding carboxylic acids is 1. The zero-order valence-electron chi connectivity index (χ0n) is 15.2. The Morgan fingerprint density at radius 1 is 1.08 bits per heavy atom. The third-order valence-electron chi connectivity index (χ3n) is 5.18. The minimum atomic E-state index is -0.136. The van der Waals surface area contributed by atoms with Crippen molar-refractivity contribution in [1.29, 1.82) is 0 Å². The standard InChI is InChI=1S/C21H25N3O2/c1-23-11-13-24(14-12-23)10-4-9-22-21(25)20-15-18-17-6-3-2-5-16(17)7-8-19(18)26-20/h2-3,5-8,15H,4,9-14H2,1H3,(H,22,25). The fraction of sp³-hybridized carbons (Fsp3) is 0.381. The van der Waals surface area contributed by atoms with Gasteiger partial charge in [0.2, 0.25) is 0 Å². The minimum absolute atomic E-state index is 0.136. The van der Waals surface area contributed by atoms with Gasteiger partial charge in [-0.25, -0.2) is 0 Å². The van der Waals surface area contributed by atoms with Crippen molar-refractivity contribution in [3.63, 3.8) is 0 Å². The molecule has 0 spiro atoms. The predicted octanol–water partition coefficient (Wildman–Crippen LogP) is 2.95. The van der Waals surface area contributed by atoms with E-state index in [1.165, 1.54) is 0 Å². The minimum Gasteiger partial charge on any atom is -0.451 e. The van der Waals surface area contributed by atoms with Gasteiger partial charge in [-0.15, -0.1) is 0 Å². The Hall–Kier alpha value is -2.37. The molecule has 0 unspecified atom stereocenters. The molecule has 0 radical (unpaired) electrons. The second-order valence-corrected chi connectivity index (χ2v) is 7.06. The molecule has 1 amide bonds. The van der Waals surface area contributed by atoms with Crippen molar-refractivity contribution >= 4 is 27.6 Å². The highest BCUT2D eigenvalue weighted by atomic mass is 16.3. The van der Waals surface area contributed by atoms with E-state index in [1.54, 1.807) is 0 Å². The maximum Gasteiger partial charge on any atom is 0.287 e. The van der Waals surface area contributed by atoms with Crippen LogP contribution < -0.4 is 5.32 Å². The first kappa shape index (κ1) is 17.1. The molecular formula is C21H25N3O2. The molecule has 5 nitrogen and oxygen atoms in total. The molecule has 1 fully saturated rings. The summed E-state index contributed by atoms with van der Waals surface area (Å²) in [5, 5.41) is 6.24. The molecular weight excluding hydrogens is 326 g/mol. The van der Waals surface area contributed by atoms with E-state index in [4.69, 9.17) is 4.42 Å². The summed E-state index contributed by atoms with van der Waals surface area (Å²) in [4.78, 5) is 17.2. The molecule has 26 heavy (non-hydrogen) atoms. The van der Waals surface area contributed by atoms with Gasteiger partial charge in [0.15, 0.2) is 5.76 Å². The van der Waals surface area contributed by atoms with Crippen molar-refractivity contribution in [2.75, 3.05) is 46.3 Å². The topological polar surface area (TPSA) is 48.7 Å². The van der Waals surface area contributed by atoms with Crippen LogP contribution in [-0.2, 0) is 0 Å². The fourth-order valence-corrected chi connectivity index (χ4v) is 3.57. The van der Waals surface area contributed by atoms with Crippen molar-refractivity contribution in [3.8, 4) is 0 Å². The highest BCUT2D eigenvalue weighted by Gasteiger charge is 2.15. The number of hydrogen-bond acceptors (Lipinski definition) is 4.